The van der Waals surface area contributed by atoms with Gasteiger partial charge in [-0.15, -0.1) is 0 Å². The molecule has 1 saturated carbocycles. The SMILES string of the molecule is CC1(C)CC(NC(=O)N2CCCCC2)CC(C)(CNC(=O)N2CCCCC2)C1. The Morgan fingerprint density at radius 1 is 0.821 bits per heavy atom. The van der Waals surface area contributed by atoms with Crippen molar-refractivity contribution in [3.05, 3.63) is 0 Å². The van der Waals surface area contributed by atoms with Crippen molar-refractivity contribution < 1.29 is 9.59 Å². The maximum Gasteiger partial charge on any atom is 0.317 e. The molecule has 6 nitrogen and oxygen atoms in total. The second-order valence-electron chi connectivity index (χ2n) is 10.5. The molecule has 1 aliphatic carbocycles. The van der Waals surface area contributed by atoms with Crippen molar-refractivity contribution in [2.45, 2.75) is 84.6 Å². The molecule has 0 bridgehead atoms. The van der Waals surface area contributed by atoms with Crippen molar-refractivity contribution in [2.24, 2.45) is 10.8 Å². The van der Waals surface area contributed by atoms with Crippen LogP contribution in [0, 0.1) is 10.8 Å². The standard InChI is InChI=1S/C22H40N4O2/c1-21(2)14-18(24-20(28)26-12-8-5-9-13-26)15-22(3,16-21)17-23-19(27)25-10-6-4-7-11-25/h18H,4-17H2,1-3H3,(H,23,27)(H,24,28). The molecule has 2 N–H and O–H groups in total. The van der Waals surface area contributed by atoms with Gasteiger partial charge in [-0.05, 0) is 68.6 Å². The molecule has 0 spiro atoms. The lowest BCUT2D eigenvalue weighted by molar-refractivity contribution is 0.0699. The van der Waals surface area contributed by atoms with Gasteiger partial charge in [0.15, 0.2) is 0 Å². The van der Waals surface area contributed by atoms with Crippen LogP contribution in [0.15, 0.2) is 0 Å². The highest BCUT2D eigenvalue weighted by atomic mass is 16.2. The van der Waals surface area contributed by atoms with Crippen molar-refractivity contribution in [3.8, 4) is 0 Å². The number of nitrogens with zero attached hydrogens (tertiary/aromatic N) is 2. The fraction of sp³-hybridized carbons (Fsp3) is 0.909. The van der Waals surface area contributed by atoms with E-state index in [1.54, 1.807) is 0 Å². The van der Waals surface area contributed by atoms with Gasteiger partial charge in [0.1, 0.15) is 0 Å². The number of piperidine rings is 2. The topological polar surface area (TPSA) is 64.7 Å². The number of nitrogens with one attached hydrogen (secondary N) is 2. The van der Waals surface area contributed by atoms with Gasteiger partial charge in [0.2, 0.25) is 0 Å². The highest BCUT2D eigenvalue weighted by molar-refractivity contribution is 5.75. The predicted octanol–water partition coefficient (Wildman–Crippen LogP) is 3.96. The fourth-order valence-electron chi connectivity index (χ4n) is 5.73. The molecular formula is C22H40N4O2. The Balaban J connectivity index is 1.55. The van der Waals surface area contributed by atoms with Crippen molar-refractivity contribution in [2.75, 3.05) is 32.7 Å². The molecule has 0 radical (unpaired) electrons. The van der Waals surface area contributed by atoms with E-state index in [-0.39, 0.29) is 28.9 Å². The number of hydrogen-bond donors (Lipinski definition) is 2. The Morgan fingerprint density at radius 2 is 1.36 bits per heavy atom. The third-order valence-corrected chi connectivity index (χ3v) is 6.72. The number of amides is 4. The largest absolute Gasteiger partial charge is 0.337 e. The van der Waals surface area contributed by atoms with E-state index in [2.05, 4.69) is 31.4 Å². The zero-order valence-corrected chi connectivity index (χ0v) is 18.2. The molecule has 0 aromatic carbocycles. The Labute approximate surface area is 170 Å². The zero-order chi connectivity index (χ0) is 20.2. The van der Waals surface area contributed by atoms with Crippen LogP contribution in [0.25, 0.3) is 0 Å². The molecule has 3 aliphatic rings. The number of rotatable bonds is 3. The molecule has 0 aromatic heterocycles. The van der Waals surface area contributed by atoms with Crippen LogP contribution in [0.1, 0.15) is 78.6 Å². The van der Waals surface area contributed by atoms with Crippen molar-refractivity contribution in [1.29, 1.82) is 0 Å². The lowest BCUT2D eigenvalue weighted by Crippen LogP contribution is -2.54. The van der Waals surface area contributed by atoms with Crippen LogP contribution < -0.4 is 10.6 Å². The highest BCUT2D eigenvalue weighted by Crippen LogP contribution is 2.45. The average molecular weight is 393 g/mol. The van der Waals surface area contributed by atoms with Crippen LogP contribution in [-0.4, -0.2) is 60.6 Å². The van der Waals surface area contributed by atoms with Crippen LogP contribution in [0.3, 0.4) is 0 Å². The summed E-state index contributed by atoms with van der Waals surface area (Å²) in [6, 6.07) is 0.357. The van der Waals surface area contributed by atoms with E-state index in [4.69, 9.17) is 0 Å². The van der Waals surface area contributed by atoms with Crippen LogP contribution in [0.5, 0.6) is 0 Å². The molecule has 2 saturated heterocycles. The third kappa shape index (κ3) is 5.77. The first-order valence-electron chi connectivity index (χ1n) is 11.3. The van der Waals surface area contributed by atoms with Gasteiger partial charge in [-0.1, -0.05) is 20.8 Å². The molecule has 3 rings (SSSR count). The summed E-state index contributed by atoms with van der Waals surface area (Å²) in [5, 5.41) is 6.52. The van der Waals surface area contributed by atoms with E-state index in [0.29, 0.717) is 6.54 Å². The summed E-state index contributed by atoms with van der Waals surface area (Å²) < 4.78 is 0. The smallest absolute Gasteiger partial charge is 0.317 e. The summed E-state index contributed by atoms with van der Waals surface area (Å²) in [5.74, 6) is 0. The van der Waals surface area contributed by atoms with Gasteiger partial charge in [0.25, 0.3) is 0 Å². The number of carbonyl (C=O) groups excluding carboxylic acids is 2. The minimum atomic E-state index is 0.00699. The molecule has 2 heterocycles. The maximum absolute atomic E-state index is 12.7. The Hall–Kier alpha value is -1.46. The van der Waals surface area contributed by atoms with Gasteiger partial charge >= 0.3 is 12.1 Å². The molecule has 160 valence electrons. The molecule has 4 amide bonds. The second-order valence-corrected chi connectivity index (χ2v) is 10.5. The zero-order valence-electron chi connectivity index (χ0n) is 18.2. The second kappa shape index (κ2) is 8.91. The lowest BCUT2D eigenvalue weighted by Gasteiger charge is -2.47. The minimum Gasteiger partial charge on any atom is -0.337 e. The van der Waals surface area contributed by atoms with Gasteiger partial charge in [-0.25, -0.2) is 9.59 Å². The van der Waals surface area contributed by atoms with Crippen LogP contribution >= 0.6 is 0 Å². The van der Waals surface area contributed by atoms with E-state index in [9.17, 15) is 9.59 Å². The normalized spacial score (nSPS) is 30.6. The monoisotopic (exact) mass is 392 g/mol. The average Bonchev–Trinajstić information content (AvgIpc) is 2.66. The number of hydrogen-bond acceptors (Lipinski definition) is 2. The van der Waals surface area contributed by atoms with Crippen LogP contribution in [0.2, 0.25) is 0 Å². The molecule has 3 fully saturated rings. The summed E-state index contributed by atoms with van der Waals surface area (Å²) in [5.41, 5.74) is 0.162. The minimum absolute atomic E-state index is 0.00699. The van der Waals surface area contributed by atoms with E-state index < -0.39 is 0 Å². The quantitative estimate of drug-likeness (QED) is 0.763. The first-order chi connectivity index (χ1) is 13.3. The van der Waals surface area contributed by atoms with Crippen molar-refractivity contribution >= 4 is 12.1 Å². The Bertz CT molecular complexity index is 553. The summed E-state index contributed by atoms with van der Waals surface area (Å²) in [6.07, 6.45) is 9.91. The van der Waals surface area contributed by atoms with Gasteiger partial charge in [0.05, 0.1) is 0 Å². The molecule has 2 unspecified atom stereocenters. The fourth-order valence-corrected chi connectivity index (χ4v) is 5.73. The van der Waals surface area contributed by atoms with Crippen LogP contribution in [0.4, 0.5) is 9.59 Å². The summed E-state index contributed by atoms with van der Waals surface area (Å²) >= 11 is 0. The molecule has 6 heteroatoms. The number of carbonyl (C=O) groups is 2. The van der Waals surface area contributed by atoms with E-state index in [0.717, 1.165) is 71.1 Å². The number of urea groups is 2. The van der Waals surface area contributed by atoms with Gasteiger partial charge in [-0.3, -0.25) is 0 Å². The van der Waals surface area contributed by atoms with Gasteiger partial charge in [0, 0.05) is 38.8 Å². The Kier molecular flexibility index (Phi) is 6.77. The summed E-state index contributed by atoms with van der Waals surface area (Å²) in [6.45, 7) is 11.0. The molecule has 2 atom stereocenters. The van der Waals surface area contributed by atoms with E-state index in [1.807, 2.05) is 9.80 Å². The molecule has 2 aliphatic heterocycles. The van der Waals surface area contributed by atoms with Gasteiger partial charge < -0.3 is 20.4 Å². The van der Waals surface area contributed by atoms with Gasteiger partial charge in [-0.2, -0.15) is 0 Å². The molecule has 0 aromatic rings. The highest BCUT2D eigenvalue weighted by Gasteiger charge is 2.42. The molecular weight excluding hydrogens is 352 g/mol. The first kappa shape index (κ1) is 21.3. The summed E-state index contributed by atoms with van der Waals surface area (Å²) in [4.78, 5) is 29.2. The van der Waals surface area contributed by atoms with Crippen molar-refractivity contribution in [3.63, 3.8) is 0 Å². The maximum atomic E-state index is 12.7. The van der Waals surface area contributed by atoms with E-state index in [1.165, 1.54) is 12.8 Å². The first-order valence-corrected chi connectivity index (χ1v) is 11.3. The van der Waals surface area contributed by atoms with E-state index >= 15 is 0 Å². The predicted molar refractivity (Wildman–Crippen MR) is 112 cm³/mol. The summed E-state index contributed by atoms with van der Waals surface area (Å²) in [7, 11) is 0. The van der Waals surface area contributed by atoms with Crippen LogP contribution in [-0.2, 0) is 0 Å². The van der Waals surface area contributed by atoms with Crippen molar-refractivity contribution in [1.82, 2.24) is 20.4 Å². The molecule has 28 heavy (non-hydrogen) atoms. The third-order valence-electron chi connectivity index (χ3n) is 6.72. The number of likely N-dealkylation sites (tertiary alicyclic amines) is 2. The lowest BCUT2D eigenvalue weighted by atomic mass is 9.62. The Morgan fingerprint density at radius 3 is 1.93 bits per heavy atom.